The second-order valence-electron chi connectivity index (χ2n) is 9.16. The Labute approximate surface area is 149 Å². The summed E-state index contributed by atoms with van der Waals surface area (Å²) in [4.78, 5) is 0. The first-order valence-electron chi connectivity index (χ1n) is 10.0. The van der Waals surface area contributed by atoms with Gasteiger partial charge in [-0.15, -0.1) is 0 Å². The van der Waals surface area contributed by atoms with Crippen molar-refractivity contribution in [2.45, 2.75) is 102 Å². The zero-order valence-corrected chi connectivity index (χ0v) is 17.1. The van der Waals surface area contributed by atoms with Crippen molar-refractivity contribution in [2.24, 2.45) is 11.8 Å². The lowest BCUT2D eigenvalue weighted by Gasteiger charge is -2.45. The molecule has 0 saturated heterocycles. The monoisotopic (exact) mass is 354 g/mol. The van der Waals surface area contributed by atoms with Crippen molar-refractivity contribution in [3.63, 3.8) is 0 Å². The second kappa shape index (κ2) is 7.62. The van der Waals surface area contributed by atoms with Crippen LogP contribution in [0.1, 0.15) is 70.6 Å². The summed E-state index contributed by atoms with van der Waals surface area (Å²) in [7, 11) is -1.42. The van der Waals surface area contributed by atoms with Crippen LogP contribution in [0.4, 0.5) is 0 Å². The summed E-state index contributed by atoms with van der Waals surface area (Å²) >= 11 is 6.93. The molecular weight excluding hydrogens is 320 g/mol. The number of hydrogen-bond donors (Lipinski definition) is 0. The van der Waals surface area contributed by atoms with E-state index >= 15 is 0 Å². The fraction of sp³-hybridized carbons (Fsp3) is 0.900. The number of rotatable bonds is 3. The third kappa shape index (κ3) is 4.25. The molecule has 1 nitrogen and oxygen atoms in total. The van der Waals surface area contributed by atoms with Crippen LogP contribution >= 0.6 is 11.6 Å². The third-order valence-corrected chi connectivity index (χ3v) is 9.06. The molecule has 3 aliphatic rings. The summed E-state index contributed by atoms with van der Waals surface area (Å²) in [5.41, 5.74) is 0. The minimum absolute atomic E-state index is 0.343. The highest BCUT2D eigenvalue weighted by atomic mass is 35.5. The van der Waals surface area contributed by atoms with Crippen molar-refractivity contribution in [2.75, 3.05) is 0 Å². The van der Waals surface area contributed by atoms with Gasteiger partial charge in [-0.25, -0.2) is 0 Å². The van der Waals surface area contributed by atoms with Gasteiger partial charge in [0.25, 0.3) is 0 Å². The molecule has 2 atom stereocenters. The quantitative estimate of drug-likeness (QED) is 0.514. The van der Waals surface area contributed by atoms with Gasteiger partial charge in [0.05, 0.1) is 20.3 Å². The van der Waals surface area contributed by atoms with E-state index in [9.17, 15) is 0 Å². The minimum Gasteiger partial charge on any atom is -0.370 e. The maximum absolute atomic E-state index is 6.93. The molecule has 0 radical (unpaired) electrons. The topological polar surface area (TPSA) is 9.23 Å². The van der Waals surface area contributed by atoms with E-state index in [1.807, 2.05) is 0 Å². The van der Waals surface area contributed by atoms with E-state index in [2.05, 4.69) is 19.6 Å². The average Bonchev–Trinajstić information content (AvgIpc) is 2.54. The maximum Gasteiger partial charge on any atom is 0.0796 e. The highest BCUT2D eigenvalue weighted by molar-refractivity contribution is 6.84. The lowest BCUT2D eigenvalue weighted by molar-refractivity contribution is -0.0687. The fourth-order valence-electron chi connectivity index (χ4n) is 5.15. The van der Waals surface area contributed by atoms with E-state index in [0.717, 1.165) is 18.3 Å². The molecule has 0 N–H and O–H groups in total. The molecule has 0 aromatic heterocycles. The lowest BCUT2D eigenvalue weighted by Crippen LogP contribution is -2.46. The van der Waals surface area contributed by atoms with E-state index in [1.54, 1.807) is 5.20 Å². The Balaban J connectivity index is 1.83. The van der Waals surface area contributed by atoms with Gasteiger partial charge < -0.3 is 4.74 Å². The molecule has 0 unspecified atom stereocenters. The summed E-state index contributed by atoms with van der Waals surface area (Å²) in [6.45, 7) is 7.35. The Hall–Kier alpha value is 0.207. The molecular formula is C20H35ClOSi. The molecule has 3 rings (SSSR count). The van der Waals surface area contributed by atoms with Crippen LogP contribution in [0.25, 0.3) is 0 Å². The molecule has 0 amide bonds. The van der Waals surface area contributed by atoms with E-state index in [1.165, 1.54) is 69.2 Å². The van der Waals surface area contributed by atoms with Crippen molar-refractivity contribution in [3.05, 3.63) is 10.2 Å². The molecule has 1 aliphatic heterocycles. The molecule has 0 aromatic carbocycles. The van der Waals surface area contributed by atoms with E-state index in [0.29, 0.717) is 12.2 Å². The number of hydrogen-bond acceptors (Lipinski definition) is 1. The zero-order chi connectivity index (χ0) is 16.4. The molecule has 0 aromatic rings. The largest absolute Gasteiger partial charge is 0.370 e. The van der Waals surface area contributed by atoms with Gasteiger partial charge in [-0.3, -0.25) is 0 Å². The van der Waals surface area contributed by atoms with Gasteiger partial charge in [0.15, 0.2) is 0 Å². The summed E-state index contributed by atoms with van der Waals surface area (Å²) in [6, 6.07) is 0. The number of ether oxygens (including phenoxy) is 1. The van der Waals surface area contributed by atoms with E-state index in [-0.39, 0.29) is 0 Å². The Morgan fingerprint density at radius 3 is 1.87 bits per heavy atom. The standard InChI is InChI=1S/C20H35ClOSi/c1-23(2,3)20-17(21)14-18(15-10-6-4-7-11-15)22-19(20)16-12-8-5-9-13-16/h15-16,18-19H,4-14H2,1-3H3/t18-,19-/m1/s1. The maximum atomic E-state index is 6.93. The highest BCUT2D eigenvalue weighted by Gasteiger charge is 2.42. The minimum atomic E-state index is -1.42. The Kier molecular flexibility index (Phi) is 5.97. The first-order valence-corrected chi connectivity index (χ1v) is 13.9. The molecule has 2 aliphatic carbocycles. The molecule has 3 heteroatoms. The van der Waals surface area contributed by atoms with Gasteiger partial charge in [-0.1, -0.05) is 69.8 Å². The van der Waals surface area contributed by atoms with Gasteiger partial charge in [0, 0.05) is 11.5 Å². The van der Waals surface area contributed by atoms with Crippen molar-refractivity contribution in [3.8, 4) is 0 Å². The Morgan fingerprint density at radius 1 is 0.826 bits per heavy atom. The molecule has 23 heavy (non-hydrogen) atoms. The van der Waals surface area contributed by atoms with Crippen LogP contribution in [0.2, 0.25) is 19.6 Å². The van der Waals surface area contributed by atoms with Crippen LogP contribution in [0.3, 0.4) is 0 Å². The van der Waals surface area contributed by atoms with Crippen molar-refractivity contribution < 1.29 is 4.74 Å². The second-order valence-corrected chi connectivity index (χ2v) is 14.7. The summed E-state index contributed by atoms with van der Waals surface area (Å²) in [5, 5.41) is 2.75. The summed E-state index contributed by atoms with van der Waals surface area (Å²) in [6.07, 6.45) is 15.5. The van der Waals surface area contributed by atoms with Gasteiger partial charge in [-0.2, -0.15) is 0 Å². The van der Waals surface area contributed by atoms with Gasteiger partial charge in [0.2, 0.25) is 0 Å². The fourth-order valence-corrected chi connectivity index (χ4v) is 8.33. The van der Waals surface area contributed by atoms with Crippen LogP contribution in [-0.2, 0) is 4.74 Å². The smallest absolute Gasteiger partial charge is 0.0796 e. The van der Waals surface area contributed by atoms with Crippen molar-refractivity contribution in [1.29, 1.82) is 0 Å². The highest BCUT2D eigenvalue weighted by Crippen LogP contribution is 2.44. The predicted octanol–water partition coefficient (Wildman–Crippen LogP) is 6.67. The van der Waals surface area contributed by atoms with Gasteiger partial charge >= 0.3 is 0 Å². The Bertz CT molecular complexity index is 427. The molecule has 0 bridgehead atoms. The van der Waals surface area contributed by atoms with Crippen LogP contribution in [0.5, 0.6) is 0 Å². The SMILES string of the molecule is C[Si](C)(C)C1=C(Cl)C[C@H](C2CCCCC2)O[C@@H]1C1CCCCC1. The molecule has 2 fully saturated rings. The summed E-state index contributed by atoms with van der Waals surface area (Å²) in [5.74, 6) is 1.48. The normalized spacial score (nSPS) is 32.3. The van der Waals surface area contributed by atoms with Crippen LogP contribution in [0.15, 0.2) is 10.2 Å². The molecule has 2 saturated carbocycles. The molecule has 1 heterocycles. The van der Waals surface area contributed by atoms with Gasteiger partial charge in [-0.05, 0) is 42.7 Å². The van der Waals surface area contributed by atoms with Crippen LogP contribution in [0, 0.1) is 11.8 Å². The third-order valence-electron chi connectivity index (χ3n) is 6.34. The van der Waals surface area contributed by atoms with Crippen molar-refractivity contribution in [1.82, 2.24) is 0 Å². The molecule has 132 valence electrons. The predicted molar refractivity (Wildman–Crippen MR) is 103 cm³/mol. The van der Waals surface area contributed by atoms with E-state index < -0.39 is 8.07 Å². The first kappa shape index (κ1) is 18.0. The van der Waals surface area contributed by atoms with Crippen LogP contribution in [-0.4, -0.2) is 20.3 Å². The van der Waals surface area contributed by atoms with Crippen LogP contribution < -0.4 is 0 Å². The van der Waals surface area contributed by atoms with E-state index in [4.69, 9.17) is 16.3 Å². The van der Waals surface area contributed by atoms with Crippen molar-refractivity contribution >= 4 is 19.7 Å². The summed E-state index contributed by atoms with van der Waals surface area (Å²) < 4.78 is 6.87. The number of halogens is 1. The average molecular weight is 355 g/mol. The molecule has 0 spiro atoms. The first-order chi connectivity index (χ1) is 11.0. The zero-order valence-electron chi connectivity index (χ0n) is 15.4. The van der Waals surface area contributed by atoms with Gasteiger partial charge in [0.1, 0.15) is 0 Å². The Morgan fingerprint density at radius 2 is 1.35 bits per heavy atom. The lowest BCUT2D eigenvalue weighted by atomic mass is 9.80.